The minimum atomic E-state index is -3.92. The summed E-state index contributed by atoms with van der Waals surface area (Å²) in [7, 11) is 0. The molecule has 0 fully saturated rings. The Morgan fingerprint density at radius 1 is 1.15 bits per heavy atom. The molecule has 0 saturated heterocycles. The van der Waals surface area contributed by atoms with Gasteiger partial charge in [0.1, 0.15) is 0 Å². The van der Waals surface area contributed by atoms with Gasteiger partial charge in [0.25, 0.3) is 0 Å². The maximum Gasteiger partial charge on any atom is 0.319 e. The van der Waals surface area contributed by atoms with Crippen LogP contribution in [-0.2, 0) is 0 Å². The third-order valence-electron chi connectivity index (χ3n) is 1.41. The fourth-order valence-electron chi connectivity index (χ4n) is 0.686. The molecular weight excluding hydrogens is 188 g/mol. The Kier molecular flexibility index (Phi) is 5.98. The van der Waals surface area contributed by atoms with Gasteiger partial charge in [-0.2, -0.15) is 8.78 Å². The first-order chi connectivity index (χ1) is 6.00. The van der Waals surface area contributed by atoms with Crippen molar-refractivity contribution in [1.82, 2.24) is 10.6 Å². The highest BCUT2D eigenvalue weighted by Crippen LogP contribution is 2.21. The summed E-state index contributed by atoms with van der Waals surface area (Å²) in [5, 5.41) is 5.12. The Labute approximate surface area is 74.7 Å². The normalized spacial score (nSPS) is 12.5. The van der Waals surface area contributed by atoms with Crippen LogP contribution in [0.2, 0.25) is 0 Å². The Morgan fingerprint density at radius 2 is 1.69 bits per heavy atom. The van der Waals surface area contributed by atoms with Gasteiger partial charge >= 0.3 is 12.3 Å². The van der Waals surface area contributed by atoms with E-state index in [2.05, 4.69) is 10.6 Å². The molecule has 0 aliphatic heterocycles. The summed E-state index contributed by atoms with van der Waals surface area (Å²) < 4.78 is 47.6. The molecule has 6 heteroatoms. The van der Waals surface area contributed by atoms with Gasteiger partial charge in [-0.05, 0) is 6.54 Å². The predicted molar refractivity (Wildman–Crippen MR) is 42.4 cm³/mol. The van der Waals surface area contributed by atoms with Crippen LogP contribution >= 0.6 is 0 Å². The van der Waals surface area contributed by atoms with Crippen molar-refractivity contribution in [2.75, 3.05) is 26.2 Å². The lowest BCUT2D eigenvalue weighted by atomic mass is 10.3. The van der Waals surface area contributed by atoms with Crippen molar-refractivity contribution in [3.05, 3.63) is 0 Å². The third-order valence-corrected chi connectivity index (χ3v) is 1.41. The van der Waals surface area contributed by atoms with E-state index in [1.165, 1.54) is 0 Å². The lowest BCUT2D eigenvalue weighted by molar-refractivity contribution is -0.125. The average molecular weight is 202 g/mol. The van der Waals surface area contributed by atoms with Crippen LogP contribution in [0.25, 0.3) is 0 Å². The third kappa shape index (κ3) is 5.81. The lowest BCUT2D eigenvalue weighted by Gasteiger charge is -2.15. The molecule has 0 aliphatic rings. The molecule has 13 heavy (non-hydrogen) atoms. The zero-order chi connectivity index (χ0) is 10.3. The summed E-state index contributed by atoms with van der Waals surface area (Å²) in [4.78, 5) is 0. The predicted octanol–water partition coefficient (Wildman–Crippen LogP) is 1.09. The standard InChI is InChI=1S/C7H14F4N2/c1-2-12-3-4-13-5-7(10,11)6(8)9/h6,12-13H,2-5H2,1H3. The second-order valence-electron chi connectivity index (χ2n) is 2.59. The molecule has 0 aliphatic carbocycles. The van der Waals surface area contributed by atoms with E-state index in [4.69, 9.17) is 0 Å². The van der Waals surface area contributed by atoms with E-state index in [0.29, 0.717) is 6.54 Å². The van der Waals surface area contributed by atoms with Gasteiger partial charge in [0, 0.05) is 13.1 Å². The van der Waals surface area contributed by atoms with Crippen LogP contribution in [0.3, 0.4) is 0 Å². The van der Waals surface area contributed by atoms with Gasteiger partial charge in [-0.1, -0.05) is 6.92 Å². The summed E-state index contributed by atoms with van der Waals surface area (Å²) in [6.07, 6.45) is -3.60. The zero-order valence-corrected chi connectivity index (χ0v) is 7.42. The van der Waals surface area contributed by atoms with Gasteiger partial charge in [0.15, 0.2) is 0 Å². The molecule has 0 spiro atoms. The molecule has 0 atom stereocenters. The average Bonchev–Trinajstić information content (AvgIpc) is 2.03. The molecule has 0 bridgehead atoms. The highest BCUT2D eigenvalue weighted by molar-refractivity contribution is 4.72. The highest BCUT2D eigenvalue weighted by atomic mass is 19.3. The minimum Gasteiger partial charge on any atom is -0.316 e. The topological polar surface area (TPSA) is 24.1 Å². The van der Waals surface area contributed by atoms with E-state index in [0.717, 1.165) is 6.54 Å². The molecule has 0 aromatic carbocycles. The number of alkyl halides is 4. The van der Waals surface area contributed by atoms with Gasteiger partial charge in [0.05, 0.1) is 6.54 Å². The number of likely N-dealkylation sites (N-methyl/N-ethyl adjacent to an activating group) is 1. The van der Waals surface area contributed by atoms with Crippen molar-refractivity contribution in [2.45, 2.75) is 19.3 Å². The summed E-state index contributed by atoms with van der Waals surface area (Å²) in [6, 6.07) is 0. The Hall–Kier alpha value is -0.360. The van der Waals surface area contributed by atoms with Crippen molar-refractivity contribution in [3.8, 4) is 0 Å². The molecule has 0 unspecified atom stereocenters. The van der Waals surface area contributed by atoms with Gasteiger partial charge < -0.3 is 10.6 Å². The number of hydrogen-bond acceptors (Lipinski definition) is 2. The number of nitrogens with one attached hydrogen (secondary N) is 2. The smallest absolute Gasteiger partial charge is 0.316 e. The van der Waals surface area contributed by atoms with Gasteiger partial charge in [-0.3, -0.25) is 0 Å². The van der Waals surface area contributed by atoms with E-state index in [1.807, 2.05) is 6.92 Å². The van der Waals surface area contributed by atoms with Crippen molar-refractivity contribution in [1.29, 1.82) is 0 Å². The zero-order valence-electron chi connectivity index (χ0n) is 7.42. The van der Waals surface area contributed by atoms with Crippen LogP contribution in [-0.4, -0.2) is 38.5 Å². The van der Waals surface area contributed by atoms with Crippen molar-refractivity contribution in [2.24, 2.45) is 0 Å². The van der Waals surface area contributed by atoms with Crippen LogP contribution in [0.4, 0.5) is 17.6 Å². The van der Waals surface area contributed by atoms with Crippen LogP contribution in [0.15, 0.2) is 0 Å². The maximum atomic E-state index is 12.2. The molecule has 2 nitrogen and oxygen atoms in total. The lowest BCUT2D eigenvalue weighted by Crippen LogP contribution is -2.41. The van der Waals surface area contributed by atoms with Crippen molar-refractivity contribution in [3.63, 3.8) is 0 Å². The first-order valence-electron chi connectivity index (χ1n) is 4.08. The molecule has 0 rings (SSSR count). The van der Waals surface area contributed by atoms with Gasteiger partial charge in [-0.25, -0.2) is 8.78 Å². The summed E-state index contributed by atoms with van der Waals surface area (Å²) in [6.45, 7) is 2.38. The highest BCUT2D eigenvalue weighted by Gasteiger charge is 2.39. The second-order valence-corrected chi connectivity index (χ2v) is 2.59. The largest absolute Gasteiger partial charge is 0.319 e. The summed E-state index contributed by atoms with van der Waals surface area (Å²) >= 11 is 0. The van der Waals surface area contributed by atoms with Gasteiger partial charge in [-0.15, -0.1) is 0 Å². The summed E-state index contributed by atoms with van der Waals surface area (Å²) in [5.41, 5.74) is 0. The first-order valence-corrected chi connectivity index (χ1v) is 4.08. The summed E-state index contributed by atoms with van der Waals surface area (Å²) in [5.74, 6) is -3.92. The monoisotopic (exact) mass is 202 g/mol. The van der Waals surface area contributed by atoms with E-state index in [-0.39, 0.29) is 6.54 Å². The van der Waals surface area contributed by atoms with Gasteiger partial charge in [0.2, 0.25) is 0 Å². The fourth-order valence-corrected chi connectivity index (χ4v) is 0.686. The Balaban J connectivity index is 3.41. The second kappa shape index (κ2) is 6.15. The van der Waals surface area contributed by atoms with E-state index >= 15 is 0 Å². The van der Waals surface area contributed by atoms with E-state index in [9.17, 15) is 17.6 Å². The van der Waals surface area contributed by atoms with Crippen molar-refractivity contribution < 1.29 is 17.6 Å². The molecule has 0 radical (unpaired) electrons. The van der Waals surface area contributed by atoms with Crippen LogP contribution in [0.5, 0.6) is 0 Å². The molecule has 0 amide bonds. The number of rotatable bonds is 7. The van der Waals surface area contributed by atoms with Crippen LogP contribution < -0.4 is 10.6 Å². The maximum absolute atomic E-state index is 12.2. The first kappa shape index (κ1) is 12.6. The van der Waals surface area contributed by atoms with Crippen LogP contribution in [0, 0.1) is 0 Å². The number of hydrogen-bond donors (Lipinski definition) is 2. The number of halogens is 4. The van der Waals surface area contributed by atoms with E-state index < -0.39 is 18.9 Å². The van der Waals surface area contributed by atoms with Crippen LogP contribution in [0.1, 0.15) is 6.92 Å². The van der Waals surface area contributed by atoms with E-state index in [1.54, 1.807) is 0 Å². The molecule has 2 N–H and O–H groups in total. The molecule has 0 aromatic heterocycles. The molecule has 0 saturated carbocycles. The molecule has 80 valence electrons. The molecular formula is C7H14F4N2. The SMILES string of the molecule is CCNCCNCC(F)(F)C(F)F. The minimum absolute atomic E-state index is 0.260. The van der Waals surface area contributed by atoms with Crippen molar-refractivity contribution >= 4 is 0 Å². The Morgan fingerprint density at radius 3 is 2.15 bits per heavy atom. The molecule has 0 aromatic rings. The molecule has 0 heterocycles. The quantitative estimate of drug-likeness (QED) is 0.477. The fraction of sp³-hybridized carbons (Fsp3) is 1.00. The Bertz CT molecular complexity index is 130.